The van der Waals surface area contributed by atoms with E-state index in [2.05, 4.69) is 35.3 Å². The summed E-state index contributed by atoms with van der Waals surface area (Å²) in [5, 5.41) is 0. The maximum Gasteiger partial charge on any atom is 0.276 e. The van der Waals surface area contributed by atoms with E-state index in [1.807, 2.05) is 6.07 Å². The predicted octanol–water partition coefficient (Wildman–Crippen LogP) is 2.36. The van der Waals surface area contributed by atoms with Gasteiger partial charge in [-0.25, -0.2) is 4.98 Å². The third kappa shape index (κ3) is 1.59. The van der Waals surface area contributed by atoms with Gasteiger partial charge in [-0.15, -0.1) is 0 Å². The van der Waals surface area contributed by atoms with Gasteiger partial charge in [0.25, 0.3) is 5.56 Å². The molecule has 1 aliphatic carbocycles. The van der Waals surface area contributed by atoms with Crippen LogP contribution in [-0.2, 0) is 5.41 Å². The van der Waals surface area contributed by atoms with E-state index in [0.29, 0.717) is 11.6 Å². The number of pyridine rings is 1. The minimum atomic E-state index is -0.0904. The first-order chi connectivity index (χ1) is 7.98. The van der Waals surface area contributed by atoms with Crippen LogP contribution in [0.1, 0.15) is 45.5 Å². The average Bonchev–Trinajstić information content (AvgIpc) is 2.98. The van der Waals surface area contributed by atoms with Crippen LogP contribution in [0.3, 0.4) is 0 Å². The number of fused-ring (bicyclic) bond motifs is 1. The highest BCUT2D eigenvalue weighted by Gasteiger charge is 2.32. The zero-order valence-electron chi connectivity index (χ0n) is 10.4. The van der Waals surface area contributed by atoms with Crippen molar-refractivity contribution in [3.8, 4) is 0 Å². The van der Waals surface area contributed by atoms with Crippen LogP contribution in [0.15, 0.2) is 17.1 Å². The number of aromatic nitrogens is 3. The molecule has 4 nitrogen and oxygen atoms in total. The van der Waals surface area contributed by atoms with Crippen LogP contribution in [-0.4, -0.2) is 14.5 Å². The molecule has 0 aromatic carbocycles. The number of aromatic amines is 1. The van der Waals surface area contributed by atoms with Gasteiger partial charge in [0.05, 0.1) is 5.52 Å². The minimum Gasteiger partial charge on any atom is -0.327 e. The topological polar surface area (TPSA) is 50.7 Å². The Morgan fingerprint density at radius 1 is 1.41 bits per heavy atom. The van der Waals surface area contributed by atoms with E-state index in [1.54, 1.807) is 6.20 Å². The Labute approximate surface area is 99.7 Å². The van der Waals surface area contributed by atoms with Crippen molar-refractivity contribution >= 4 is 11.0 Å². The van der Waals surface area contributed by atoms with Crippen LogP contribution in [0.4, 0.5) is 0 Å². The van der Waals surface area contributed by atoms with Gasteiger partial charge in [0, 0.05) is 17.7 Å². The molecular weight excluding hydrogens is 214 g/mol. The summed E-state index contributed by atoms with van der Waals surface area (Å²) in [6.45, 7) is 6.42. The Bertz CT molecular complexity index is 626. The quantitative estimate of drug-likeness (QED) is 0.819. The maximum absolute atomic E-state index is 11.8. The SMILES string of the molecule is CC(C)(C)c1nc2c(=O)[nH]ccc2n1C1CC1. The van der Waals surface area contributed by atoms with Gasteiger partial charge in [-0.1, -0.05) is 20.8 Å². The molecule has 0 bridgehead atoms. The summed E-state index contributed by atoms with van der Waals surface area (Å²) in [5.41, 5.74) is 1.42. The fourth-order valence-electron chi connectivity index (χ4n) is 2.27. The van der Waals surface area contributed by atoms with Crippen molar-refractivity contribution in [1.29, 1.82) is 0 Å². The fourth-order valence-corrected chi connectivity index (χ4v) is 2.27. The number of hydrogen-bond acceptors (Lipinski definition) is 2. The Hall–Kier alpha value is -1.58. The first kappa shape index (κ1) is 10.6. The molecule has 2 aromatic heterocycles. The molecule has 0 aliphatic heterocycles. The zero-order chi connectivity index (χ0) is 12.2. The highest BCUT2D eigenvalue weighted by Crippen LogP contribution is 2.40. The van der Waals surface area contributed by atoms with Crippen molar-refractivity contribution in [3.63, 3.8) is 0 Å². The summed E-state index contributed by atoms with van der Waals surface area (Å²) in [4.78, 5) is 19.0. The third-order valence-electron chi connectivity index (χ3n) is 3.20. The van der Waals surface area contributed by atoms with Crippen LogP contribution in [0.25, 0.3) is 11.0 Å². The Balaban J connectivity index is 2.38. The Morgan fingerprint density at radius 3 is 2.71 bits per heavy atom. The van der Waals surface area contributed by atoms with E-state index >= 15 is 0 Å². The van der Waals surface area contributed by atoms with E-state index in [4.69, 9.17) is 0 Å². The molecule has 0 atom stereocenters. The number of hydrogen-bond donors (Lipinski definition) is 1. The molecule has 3 rings (SSSR count). The Morgan fingerprint density at radius 2 is 2.12 bits per heavy atom. The van der Waals surface area contributed by atoms with Crippen LogP contribution in [0.2, 0.25) is 0 Å². The van der Waals surface area contributed by atoms with Crippen molar-refractivity contribution in [2.24, 2.45) is 0 Å². The predicted molar refractivity (Wildman–Crippen MR) is 67.3 cm³/mol. The number of rotatable bonds is 1. The summed E-state index contributed by atoms with van der Waals surface area (Å²) in [6.07, 6.45) is 4.10. The number of imidazole rings is 1. The largest absolute Gasteiger partial charge is 0.327 e. The molecule has 0 spiro atoms. The molecule has 17 heavy (non-hydrogen) atoms. The van der Waals surface area contributed by atoms with E-state index in [1.165, 1.54) is 12.8 Å². The van der Waals surface area contributed by atoms with Crippen molar-refractivity contribution in [2.45, 2.75) is 45.1 Å². The normalized spacial score (nSPS) is 16.6. The molecule has 1 aliphatic rings. The zero-order valence-corrected chi connectivity index (χ0v) is 10.4. The van der Waals surface area contributed by atoms with E-state index in [9.17, 15) is 4.79 Å². The second-order valence-corrected chi connectivity index (χ2v) is 5.83. The number of H-pyrrole nitrogens is 1. The van der Waals surface area contributed by atoms with E-state index < -0.39 is 0 Å². The van der Waals surface area contributed by atoms with Crippen LogP contribution in [0, 0.1) is 0 Å². The second-order valence-electron chi connectivity index (χ2n) is 5.83. The third-order valence-corrected chi connectivity index (χ3v) is 3.20. The van der Waals surface area contributed by atoms with Gasteiger partial charge < -0.3 is 9.55 Å². The van der Waals surface area contributed by atoms with Crippen molar-refractivity contribution < 1.29 is 0 Å². The maximum atomic E-state index is 11.8. The van der Waals surface area contributed by atoms with Gasteiger partial charge in [-0.05, 0) is 18.9 Å². The fraction of sp³-hybridized carbons (Fsp3) is 0.538. The van der Waals surface area contributed by atoms with Crippen LogP contribution < -0.4 is 5.56 Å². The molecule has 2 heterocycles. The van der Waals surface area contributed by atoms with Gasteiger partial charge in [0.1, 0.15) is 5.82 Å². The summed E-state index contributed by atoms with van der Waals surface area (Å²) >= 11 is 0. The molecule has 0 saturated heterocycles. The lowest BCUT2D eigenvalue weighted by molar-refractivity contribution is 0.507. The summed E-state index contributed by atoms with van der Waals surface area (Å²) in [6, 6.07) is 2.49. The molecule has 2 aromatic rings. The standard InChI is InChI=1S/C13H17N3O/c1-13(2,3)12-15-10-9(6-7-14-11(10)17)16(12)8-4-5-8/h6-8H,4-5H2,1-3H3,(H,14,17). The molecule has 1 N–H and O–H groups in total. The van der Waals surface area contributed by atoms with Gasteiger partial charge in [-0.3, -0.25) is 4.79 Å². The molecule has 0 unspecified atom stereocenters. The molecule has 90 valence electrons. The first-order valence-electron chi connectivity index (χ1n) is 6.08. The lowest BCUT2D eigenvalue weighted by Gasteiger charge is -2.19. The van der Waals surface area contributed by atoms with E-state index in [0.717, 1.165) is 11.3 Å². The molecule has 1 saturated carbocycles. The number of nitrogens with one attached hydrogen (secondary N) is 1. The Kier molecular flexibility index (Phi) is 2.00. The molecule has 4 heteroatoms. The van der Waals surface area contributed by atoms with Crippen LogP contribution >= 0.6 is 0 Å². The monoisotopic (exact) mass is 231 g/mol. The van der Waals surface area contributed by atoms with Crippen molar-refractivity contribution in [2.75, 3.05) is 0 Å². The number of nitrogens with zero attached hydrogens (tertiary/aromatic N) is 2. The van der Waals surface area contributed by atoms with Crippen molar-refractivity contribution in [3.05, 3.63) is 28.4 Å². The molecule has 0 amide bonds. The molecule has 1 fully saturated rings. The van der Waals surface area contributed by atoms with Gasteiger partial charge in [0.2, 0.25) is 0 Å². The summed E-state index contributed by atoms with van der Waals surface area (Å²) in [7, 11) is 0. The lowest BCUT2D eigenvalue weighted by atomic mass is 9.95. The van der Waals surface area contributed by atoms with Crippen LogP contribution in [0.5, 0.6) is 0 Å². The molecule has 0 radical (unpaired) electrons. The van der Waals surface area contributed by atoms with Gasteiger partial charge in [-0.2, -0.15) is 0 Å². The highest BCUT2D eigenvalue weighted by molar-refractivity contribution is 5.75. The van der Waals surface area contributed by atoms with Gasteiger partial charge in [0.15, 0.2) is 5.52 Å². The minimum absolute atomic E-state index is 0.0337. The summed E-state index contributed by atoms with van der Waals surface area (Å²) in [5.74, 6) is 1.02. The first-order valence-corrected chi connectivity index (χ1v) is 6.08. The average molecular weight is 231 g/mol. The van der Waals surface area contributed by atoms with Gasteiger partial charge >= 0.3 is 0 Å². The van der Waals surface area contributed by atoms with Crippen molar-refractivity contribution in [1.82, 2.24) is 14.5 Å². The lowest BCUT2D eigenvalue weighted by Crippen LogP contribution is -2.18. The molecular formula is C13H17N3O. The second kappa shape index (κ2) is 3.22. The van der Waals surface area contributed by atoms with E-state index in [-0.39, 0.29) is 11.0 Å². The summed E-state index contributed by atoms with van der Waals surface area (Å²) < 4.78 is 2.25. The smallest absolute Gasteiger partial charge is 0.276 e. The highest BCUT2D eigenvalue weighted by atomic mass is 16.1.